The van der Waals surface area contributed by atoms with Gasteiger partial charge in [0.15, 0.2) is 5.41 Å². The molecule has 5 heteroatoms. The summed E-state index contributed by atoms with van der Waals surface area (Å²) < 4.78 is 4.95. The van der Waals surface area contributed by atoms with E-state index in [0.717, 1.165) is 0 Å². The van der Waals surface area contributed by atoms with Crippen LogP contribution in [-0.4, -0.2) is 18.9 Å². The Bertz CT molecular complexity index is 421. The highest BCUT2D eigenvalue weighted by Crippen LogP contribution is 2.33. The summed E-state index contributed by atoms with van der Waals surface area (Å²) in [4.78, 5) is 23.0. The largest absolute Gasteiger partial charge is 0.465 e. The number of hydrogen-bond donors (Lipinski definition) is 0. The van der Waals surface area contributed by atoms with Crippen molar-refractivity contribution in [3.8, 4) is 6.07 Å². The smallest absolute Gasteiger partial charge is 0.331 e. The zero-order chi connectivity index (χ0) is 12.7. The van der Waals surface area contributed by atoms with Crippen LogP contribution in [0.5, 0.6) is 0 Å². The van der Waals surface area contributed by atoms with Gasteiger partial charge in [0.25, 0.3) is 0 Å². The van der Waals surface area contributed by atoms with Crippen LogP contribution in [0.2, 0.25) is 0 Å². The first kappa shape index (κ1) is 13.4. The molecular formula is C12H13NO3S. The highest BCUT2D eigenvalue weighted by Gasteiger charge is 2.42. The Balaban J connectivity index is 3.10. The number of esters is 1. The minimum absolute atomic E-state index is 0.157. The van der Waals surface area contributed by atoms with E-state index in [-0.39, 0.29) is 19.4 Å². The third-order valence-electron chi connectivity index (χ3n) is 2.39. The van der Waals surface area contributed by atoms with E-state index >= 15 is 0 Å². The summed E-state index contributed by atoms with van der Waals surface area (Å²) in [6, 6.07) is 5.50. The van der Waals surface area contributed by atoms with Crippen LogP contribution in [0.15, 0.2) is 17.5 Å². The van der Waals surface area contributed by atoms with E-state index in [9.17, 15) is 14.9 Å². The number of hydrogen-bond acceptors (Lipinski definition) is 5. The number of ether oxygens (including phenoxy) is 1. The van der Waals surface area contributed by atoms with Crippen molar-refractivity contribution >= 4 is 23.6 Å². The fraction of sp³-hybridized carbons (Fsp3) is 0.417. The van der Waals surface area contributed by atoms with Gasteiger partial charge in [0, 0.05) is 11.3 Å². The molecule has 1 rings (SSSR count). The van der Waals surface area contributed by atoms with E-state index in [1.54, 1.807) is 24.4 Å². The molecule has 0 saturated carbocycles. The average Bonchev–Trinajstić information content (AvgIpc) is 2.85. The van der Waals surface area contributed by atoms with Crippen LogP contribution < -0.4 is 0 Å². The second-order valence-electron chi connectivity index (χ2n) is 3.42. The van der Waals surface area contributed by atoms with Gasteiger partial charge in [0.05, 0.1) is 12.7 Å². The molecule has 0 amide bonds. The summed E-state index contributed by atoms with van der Waals surface area (Å²) in [5, 5.41) is 11.1. The van der Waals surface area contributed by atoms with E-state index in [2.05, 4.69) is 0 Å². The summed E-state index contributed by atoms with van der Waals surface area (Å²) in [5.74, 6) is -0.577. The number of thiophene rings is 1. The van der Waals surface area contributed by atoms with Crippen LogP contribution in [0.1, 0.15) is 24.6 Å². The van der Waals surface area contributed by atoms with Gasteiger partial charge in [0.1, 0.15) is 6.29 Å². The van der Waals surface area contributed by atoms with E-state index < -0.39 is 11.4 Å². The molecule has 1 unspecified atom stereocenters. The Morgan fingerprint density at radius 3 is 2.94 bits per heavy atom. The van der Waals surface area contributed by atoms with Crippen molar-refractivity contribution in [2.45, 2.75) is 25.2 Å². The van der Waals surface area contributed by atoms with Crippen LogP contribution in [-0.2, 0) is 19.7 Å². The normalized spacial score (nSPS) is 13.4. The molecule has 0 aliphatic heterocycles. The topological polar surface area (TPSA) is 67.2 Å². The first-order valence-electron chi connectivity index (χ1n) is 5.27. The fourth-order valence-electron chi connectivity index (χ4n) is 1.53. The van der Waals surface area contributed by atoms with Crippen molar-refractivity contribution in [2.75, 3.05) is 6.61 Å². The summed E-state index contributed by atoms with van der Waals surface area (Å²) in [7, 11) is 0. The lowest BCUT2D eigenvalue weighted by Gasteiger charge is -2.22. The zero-order valence-electron chi connectivity index (χ0n) is 9.51. The van der Waals surface area contributed by atoms with Crippen molar-refractivity contribution in [2.24, 2.45) is 0 Å². The Hall–Kier alpha value is -1.67. The van der Waals surface area contributed by atoms with Crippen LogP contribution in [0, 0.1) is 11.3 Å². The van der Waals surface area contributed by atoms with Gasteiger partial charge in [-0.3, -0.25) is 0 Å². The van der Waals surface area contributed by atoms with Crippen molar-refractivity contribution in [3.63, 3.8) is 0 Å². The lowest BCUT2D eigenvalue weighted by Crippen LogP contribution is -2.35. The number of nitrogens with zero attached hydrogens (tertiary/aromatic N) is 1. The molecule has 4 nitrogen and oxygen atoms in total. The van der Waals surface area contributed by atoms with Gasteiger partial charge >= 0.3 is 5.97 Å². The third kappa shape index (κ3) is 2.71. The Morgan fingerprint density at radius 1 is 1.71 bits per heavy atom. The van der Waals surface area contributed by atoms with Gasteiger partial charge in [-0.1, -0.05) is 6.07 Å². The molecule has 0 spiro atoms. The fourth-order valence-corrected chi connectivity index (χ4v) is 2.43. The maximum atomic E-state index is 11.9. The molecule has 17 heavy (non-hydrogen) atoms. The second kappa shape index (κ2) is 6.16. The molecule has 0 aromatic carbocycles. The highest BCUT2D eigenvalue weighted by atomic mass is 32.1. The van der Waals surface area contributed by atoms with E-state index in [0.29, 0.717) is 11.2 Å². The summed E-state index contributed by atoms with van der Waals surface area (Å²) in [5.41, 5.74) is -1.34. The van der Waals surface area contributed by atoms with Crippen LogP contribution in [0.4, 0.5) is 0 Å². The summed E-state index contributed by atoms with van der Waals surface area (Å²) in [6.45, 7) is 1.91. The number of nitriles is 1. The number of carbonyl (C=O) groups excluding carboxylic acids is 2. The van der Waals surface area contributed by atoms with Crippen LogP contribution in [0.3, 0.4) is 0 Å². The van der Waals surface area contributed by atoms with E-state index in [1.165, 1.54) is 11.3 Å². The molecule has 0 N–H and O–H groups in total. The molecule has 1 heterocycles. The number of aldehydes is 1. The molecule has 0 aliphatic carbocycles. The van der Waals surface area contributed by atoms with Gasteiger partial charge in [-0.2, -0.15) is 5.26 Å². The molecular weight excluding hydrogens is 238 g/mol. The molecule has 0 bridgehead atoms. The molecule has 1 atom stereocenters. The molecule has 0 aliphatic rings. The number of carbonyl (C=O) groups is 2. The number of rotatable bonds is 6. The standard InChI is InChI=1S/C12H13NO3S/c1-2-16-11(15)12(9-13,6-4-7-14)10-5-3-8-17-10/h3,5,7-8H,2,4,6H2,1H3. The van der Waals surface area contributed by atoms with Crippen molar-refractivity contribution < 1.29 is 14.3 Å². The first-order chi connectivity index (χ1) is 8.21. The molecule has 1 aromatic rings. The minimum Gasteiger partial charge on any atom is -0.465 e. The van der Waals surface area contributed by atoms with Crippen molar-refractivity contribution in [1.82, 2.24) is 0 Å². The summed E-state index contributed by atoms with van der Waals surface area (Å²) >= 11 is 1.32. The molecule has 0 radical (unpaired) electrons. The SMILES string of the molecule is CCOC(=O)C(C#N)(CCC=O)c1cccs1. The lowest BCUT2D eigenvalue weighted by atomic mass is 9.83. The molecule has 0 fully saturated rings. The van der Waals surface area contributed by atoms with Gasteiger partial charge in [-0.25, -0.2) is 4.79 Å². The minimum atomic E-state index is -1.34. The molecule has 0 saturated heterocycles. The average molecular weight is 251 g/mol. The van der Waals surface area contributed by atoms with Gasteiger partial charge in [-0.05, 0) is 24.8 Å². The monoisotopic (exact) mass is 251 g/mol. The van der Waals surface area contributed by atoms with E-state index in [4.69, 9.17) is 4.74 Å². The third-order valence-corrected chi connectivity index (χ3v) is 3.43. The highest BCUT2D eigenvalue weighted by molar-refractivity contribution is 7.10. The van der Waals surface area contributed by atoms with Crippen molar-refractivity contribution in [1.29, 1.82) is 5.26 Å². The quantitative estimate of drug-likeness (QED) is 0.573. The predicted molar refractivity (Wildman–Crippen MR) is 63.5 cm³/mol. The van der Waals surface area contributed by atoms with Crippen LogP contribution in [0.25, 0.3) is 0 Å². The zero-order valence-corrected chi connectivity index (χ0v) is 10.3. The van der Waals surface area contributed by atoms with Gasteiger partial charge in [-0.15, -0.1) is 11.3 Å². The predicted octanol–water partition coefficient (Wildman–Crippen LogP) is 2.05. The van der Waals surface area contributed by atoms with Crippen molar-refractivity contribution in [3.05, 3.63) is 22.4 Å². The van der Waals surface area contributed by atoms with Gasteiger partial charge < -0.3 is 9.53 Å². The van der Waals surface area contributed by atoms with Crippen LogP contribution >= 0.6 is 11.3 Å². The lowest BCUT2D eigenvalue weighted by molar-refractivity contribution is -0.148. The Labute approximate surface area is 104 Å². The maximum Gasteiger partial charge on any atom is 0.331 e. The summed E-state index contributed by atoms with van der Waals surface area (Å²) in [6.07, 6.45) is 1.02. The molecule has 1 aromatic heterocycles. The van der Waals surface area contributed by atoms with E-state index in [1.807, 2.05) is 6.07 Å². The first-order valence-corrected chi connectivity index (χ1v) is 6.15. The Morgan fingerprint density at radius 2 is 2.47 bits per heavy atom. The Kier molecular flexibility index (Phi) is 4.85. The maximum absolute atomic E-state index is 11.9. The second-order valence-corrected chi connectivity index (χ2v) is 4.37. The molecule has 90 valence electrons. The van der Waals surface area contributed by atoms with Gasteiger partial charge in [0.2, 0.25) is 0 Å².